The monoisotopic (exact) mass is 433 g/mol. The largest absolute Gasteiger partial charge is 0.476 e. The van der Waals surface area contributed by atoms with Crippen LogP contribution in [0.5, 0.6) is 5.88 Å². The summed E-state index contributed by atoms with van der Waals surface area (Å²) in [4.78, 5) is 21.7. The van der Waals surface area contributed by atoms with Gasteiger partial charge in [0.1, 0.15) is 16.5 Å². The van der Waals surface area contributed by atoms with Crippen LogP contribution < -0.4 is 4.74 Å². The highest BCUT2D eigenvalue weighted by Crippen LogP contribution is 2.41. The fraction of sp³-hybridized carbons (Fsp3) is 0.389. The van der Waals surface area contributed by atoms with E-state index in [0.717, 1.165) is 17.4 Å². The van der Waals surface area contributed by atoms with Crippen LogP contribution in [0.15, 0.2) is 24.5 Å². The van der Waals surface area contributed by atoms with Crippen molar-refractivity contribution >= 4 is 29.5 Å². The summed E-state index contributed by atoms with van der Waals surface area (Å²) in [5.74, 6) is -0.0641. The highest BCUT2D eigenvalue weighted by atomic mass is 35.5. The Labute approximate surface area is 169 Å². The first-order valence-electron chi connectivity index (χ1n) is 8.40. The molecule has 0 radical (unpaired) electrons. The number of aldehydes is 1. The van der Waals surface area contributed by atoms with E-state index in [4.69, 9.17) is 27.9 Å². The van der Waals surface area contributed by atoms with Gasteiger partial charge in [0.2, 0.25) is 5.88 Å². The summed E-state index contributed by atoms with van der Waals surface area (Å²) in [7, 11) is 0. The molecular weight excluding hydrogens is 418 g/mol. The number of fused-ring (bicyclic) bond motifs is 1. The van der Waals surface area contributed by atoms with Crippen LogP contribution in [0.25, 0.3) is 0 Å². The molecule has 0 spiro atoms. The highest BCUT2D eigenvalue weighted by molar-refractivity contribution is 6.31. The Morgan fingerprint density at radius 3 is 2.79 bits per heavy atom. The Kier molecular flexibility index (Phi) is 6.12. The summed E-state index contributed by atoms with van der Waals surface area (Å²) in [6.45, 7) is 1.74. The third-order valence-electron chi connectivity index (χ3n) is 4.62. The average Bonchev–Trinajstić information content (AvgIpc) is 3.01. The highest BCUT2D eigenvalue weighted by Gasteiger charge is 2.35. The zero-order valence-electron chi connectivity index (χ0n) is 14.7. The zero-order valence-corrected chi connectivity index (χ0v) is 16.2. The van der Waals surface area contributed by atoms with Gasteiger partial charge in [0, 0.05) is 30.5 Å². The lowest BCUT2D eigenvalue weighted by molar-refractivity contribution is -0.139. The van der Waals surface area contributed by atoms with Crippen LogP contribution >= 0.6 is 23.2 Å². The third kappa shape index (κ3) is 4.39. The first-order valence-corrected chi connectivity index (χ1v) is 9.16. The minimum atomic E-state index is -4.31. The number of hydrogen-bond donors (Lipinski definition) is 0. The summed E-state index contributed by atoms with van der Waals surface area (Å²) in [6.07, 6.45) is -1.54. The summed E-state index contributed by atoms with van der Waals surface area (Å²) in [5.41, 5.74) is 2.28. The smallest absolute Gasteiger partial charge is 0.392 e. The molecule has 0 amide bonds. The molecule has 10 heteroatoms. The fourth-order valence-electron chi connectivity index (χ4n) is 3.13. The SMILES string of the molecule is CC(c1cnc(OCCC(F)(F)F)c(Cl)c1)N1Cc2c(ccnc2Cl)C1C=O. The van der Waals surface area contributed by atoms with Gasteiger partial charge >= 0.3 is 6.18 Å². The van der Waals surface area contributed by atoms with Crippen molar-refractivity contribution in [1.29, 1.82) is 0 Å². The molecule has 0 saturated carbocycles. The third-order valence-corrected chi connectivity index (χ3v) is 5.21. The molecule has 0 aliphatic carbocycles. The molecule has 0 aromatic carbocycles. The number of alkyl halides is 3. The number of rotatable bonds is 6. The van der Waals surface area contributed by atoms with Gasteiger partial charge in [-0.3, -0.25) is 4.90 Å². The second kappa shape index (κ2) is 8.23. The fourth-order valence-corrected chi connectivity index (χ4v) is 3.59. The maximum absolute atomic E-state index is 12.2. The molecule has 0 fully saturated rings. The molecule has 5 nitrogen and oxygen atoms in total. The summed E-state index contributed by atoms with van der Waals surface area (Å²) >= 11 is 12.3. The van der Waals surface area contributed by atoms with E-state index < -0.39 is 25.2 Å². The van der Waals surface area contributed by atoms with Crippen LogP contribution in [-0.2, 0) is 11.3 Å². The minimum absolute atomic E-state index is 0.0641. The standard InChI is InChI=1S/C18H16Cl2F3N3O2/c1-10(26-8-13-12(15(26)9-27)2-4-24-16(13)20)11-6-14(19)17(25-7-11)28-5-3-18(21,22)23/h2,4,6-7,9-10,15H,3,5,8H2,1H3. The first-order chi connectivity index (χ1) is 13.2. The number of nitrogens with zero attached hydrogens (tertiary/aromatic N) is 3. The van der Waals surface area contributed by atoms with Crippen molar-refractivity contribution in [2.24, 2.45) is 0 Å². The minimum Gasteiger partial charge on any atom is -0.476 e. The summed E-state index contributed by atoms with van der Waals surface area (Å²) in [6, 6.07) is 2.59. The van der Waals surface area contributed by atoms with E-state index in [-0.39, 0.29) is 16.9 Å². The molecule has 2 aromatic rings. The van der Waals surface area contributed by atoms with Gasteiger partial charge in [-0.25, -0.2) is 9.97 Å². The molecule has 150 valence electrons. The Balaban J connectivity index is 1.76. The van der Waals surface area contributed by atoms with Gasteiger partial charge in [0.25, 0.3) is 0 Å². The van der Waals surface area contributed by atoms with E-state index in [9.17, 15) is 18.0 Å². The lowest BCUT2D eigenvalue weighted by Crippen LogP contribution is -2.26. The Morgan fingerprint density at radius 1 is 1.39 bits per heavy atom. The van der Waals surface area contributed by atoms with Crippen LogP contribution in [0.1, 0.15) is 42.1 Å². The van der Waals surface area contributed by atoms with E-state index in [0.29, 0.717) is 17.3 Å². The number of halogens is 5. The van der Waals surface area contributed by atoms with Gasteiger partial charge in [0.05, 0.1) is 19.1 Å². The average molecular weight is 434 g/mol. The van der Waals surface area contributed by atoms with Crippen LogP contribution in [0.3, 0.4) is 0 Å². The molecule has 2 aromatic heterocycles. The van der Waals surface area contributed by atoms with Crippen molar-refractivity contribution in [2.45, 2.75) is 38.1 Å². The van der Waals surface area contributed by atoms with Crippen molar-refractivity contribution in [3.63, 3.8) is 0 Å². The maximum atomic E-state index is 12.2. The molecule has 1 aliphatic rings. The summed E-state index contributed by atoms with van der Waals surface area (Å²) in [5, 5.41) is 0.453. The number of carbonyl (C=O) groups excluding carboxylic acids is 1. The Hall–Kier alpha value is -1.90. The van der Waals surface area contributed by atoms with Crippen LogP contribution in [-0.4, -0.2) is 33.9 Å². The lowest BCUT2D eigenvalue weighted by Gasteiger charge is -2.28. The number of pyridine rings is 2. The maximum Gasteiger partial charge on any atom is 0.392 e. The second-order valence-electron chi connectivity index (χ2n) is 6.37. The second-order valence-corrected chi connectivity index (χ2v) is 7.13. The van der Waals surface area contributed by atoms with Gasteiger partial charge in [0.15, 0.2) is 0 Å². The molecule has 2 unspecified atom stereocenters. The molecule has 28 heavy (non-hydrogen) atoms. The normalized spacial score (nSPS) is 18.0. The van der Waals surface area contributed by atoms with E-state index in [2.05, 4.69) is 9.97 Å². The van der Waals surface area contributed by atoms with E-state index in [1.165, 1.54) is 6.20 Å². The van der Waals surface area contributed by atoms with Crippen LogP contribution in [0.2, 0.25) is 10.2 Å². The quantitative estimate of drug-likeness (QED) is 0.477. The van der Waals surface area contributed by atoms with Crippen LogP contribution in [0.4, 0.5) is 13.2 Å². The van der Waals surface area contributed by atoms with E-state index in [1.807, 2.05) is 11.8 Å². The summed E-state index contributed by atoms with van der Waals surface area (Å²) < 4.78 is 41.7. The Morgan fingerprint density at radius 2 is 2.14 bits per heavy atom. The van der Waals surface area contributed by atoms with Gasteiger partial charge in [-0.05, 0) is 30.2 Å². The number of ether oxygens (including phenoxy) is 1. The molecule has 1 aliphatic heterocycles. The molecule has 2 atom stereocenters. The molecule has 3 heterocycles. The molecular formula is C18H16Cl2F3N3O2. The predicted molar refractivity (Wildman–Crippen MR) is 97.4 cm³/mol. The van der Waals surface area contributed by atoms with Crippen molar-refractivity contribution in [2.75, 3.05) is 6.61 Å². The zero-order chi connectivity index (χ0) is 20.5. The van der Waals surface area contributed by atoms with Crippen molar-refractivity contribution in [3.8, 4) is 5.88 Å². The number of carbonyl (C=O) groups is 1. The van der Waals surface area contributed by atoms with Gasteiger partial charge in [-0.2, -0.15) is 13.2 Å². The van der Waals surface area contributed by atoms with Crippen LogP contribution in [0, 0.1) is 0 Å². The van der Waals surface area contributed by atoms with Crippen molar-refractivity contribution < 1.29 is 22.7 Å². The van der Waals surface area contributed by atoms with E-state index >= 15 is 0 Å². The molecule has 3 rings (SSSR count). The number of aromatic nitrogens is 2. The molecule has 0 bridgehead atoms. The number of hydrogen-bond acceptors (Lipinski definition) is 5. The van der Waals surface area contributed by atoms with Gasteiger partial charge in [-0.15, -0.1) is 0 Å². The first kappa shape index (κ1) is 20.8. The molecule has 0 saturated heterocycles. The topological polar surface area (TPSA) is 55.3 Å². The lowest BCUT2D eigenvalue weighted by atomic mass is 10.1. The van der Waals surface area contributed by atoms with Crippen molar-refractivity contribution in [1.82, 2.24) is 14.9 Å². The van der Waals surface area contributed by atoms with Gasteiger partial charge < -0.3 is 9.53 Å². The Bertz CT molecular complexity index is 880. The van der Waals surface area contributed by atoms with Crippen molar-refractivity contribution in [3.05, 3.63) is 51.4 Å². The molecule has 0 N–H and O–H groups in total. The van der Waals surface area contributed by atoms with Gasteiger partial charge in [-0.1, -0.05) is 23.2 Å². The predicted octanol–water partition coefficient (Wildman–Crippen LogP) is 4.93. The van der Waals surface area contributed by atoms with E-state index in [1.54, 1.807) is 18.3 Å².